The van der Waals surface area contributed by atoms with Crippen LogP contribution in [0.2, 0.25) is 0 Å². The Morgan fingerprint density at radius 1 is 1.41 bits per heavy atom. The third-order valence-corrected chi connectivity index (χ3v) is 4.43. The van der Waals surface area contributed by atoms with Crippen molar-refractivity contribution in [1.29, 1.82) is 0 Å². The van der Waals surface area contributed by atoms with E-state index in [0.29, 0.717) is 19.0 Å². The van der Waals surface area contributed by atoms with E-state index in [1.807, 2.05) is 24.8 Å². The quantitative estimate of drug-likeness (QED) is 0.902. The van der Waals surface area contributed by atoms with E-state index in [9.17, 15) is 9.90 Å². The fraction of sp³-hybridized carbons (Fsp3) is 0.588. The molecule has 2 aliphatic rings. The molecule has 120 valence electrons. The number of amides is 2. The lowest BCUT2D eigenvalue weighted by atomic mass is 10.1. The van der Waals surface area contributed by atoms with E-state index in [0.717, 1.165) is 5.56 Å². The zero-order valence-electron chi connectivity index (χ0n) is 13.2. The van der Waals surface area contributed by atoms with Crippen molar-refractivity contribution in [3.8, 4) is 5.75 Å². The van der Waals surface area contributed by atoms with E-state index in [-0.39, 0.29) is 30.0 Å². The molecule has 2 amide bonds. The molecule has 0 spiro atoms. The lowest BCUT2D eigenvalue weighted by molar-refractivity contribution is -0.0732. The number of ether oxygens (including phenoxy) is 1. The van der Waals surface area contributed by atoms with Crippen molar-refractivity contribution in [3.63, 3.8) is 0 Å². The summed E-state index contributed by atoms with van der Waals surface area (Å²) >= 11 is 0. The van der Waals surface area contributed by atoms with Crippen LogP contribution in [-0.4, -0.2) is 41.3 Å². The van der Waals surface area contributed by atoms with Crippen molar-refractivity contribution in [2.75, 3.05) is 13.1 Å². The van der Waals surface area contributed by atoms with Crippen LogP contribution in [0.1, 0.15) is 38.3 Å². The molecule has 0 radical (unpaired) electrons. The lowest BCUT2D eigenvalue weighted by Crippen LogP contribution is -2.53. The maximum absolute atomic E-state index is 12.5. The van der Waals surface area contributed by atoms with Crippen molar-refractivity contribution in [2.45, 2.75) is 44.9 Å². The van der Waals surface area contributed by atoms with Crippen molar-refractivity contribution in [1.82, 2.24) is 10.2 Å². The zero-order valence-corrected chi connectivity index (χ0v) is 13.2. The average Bonchev–Trinajstić information content (AvgIpc) is 3.31. The molecule has 5 heteroatoms. The Kier molecular flexibility index (Phi) is 4.25. The van der Waals surface area contributed by atoms with Gasteiger partial charge in [0, 0.05) is 13.1 Å². The third-order valence-electron chi connectivity index (χ3n) is 4.43. The molecular formula is C17H24N2O3. The Morgan fingerprint density at radius 2 is 2.18 bits per heavy atom. The molecule has 22 heavy (non-hydrogen) atoms. The van der Waals surface area contributed by atoms with Gasteiger partial charge in [-0.3, -0.25) is 0 Å². The topological polar surface area (TPSA) is 61.8 Å². The van der Waals surface area contributed by atoms with E-state index in [1.54, 1.807) is 18.2 Å². The second-order valence-corrected chi connectivity index (χ2v) is 6.49. The largest absolute Gasteiger partial charge is 0.508 e. The predicted molar refractivity (Wildman–Crippen MR) is 83.7 cm³/mol. The summed E-state index contributed by atoms with van der Waals surface area (Å²) in [6.45, 7) is 5.25. The average molecular weight is 304 g/mol. The number of urea groups is 1. The second kappa shape index (κ2) is 6.16. The van der Waals surface area contributed by atoms with Gasteiger partial charge in [0.15, 0.2) is 0 Å². The van der Waals surface area contributed by atoms with Gasteiger partial charge in [-0.25, -0.2) is 4.79 Å². The van der Waals surface area contributed by atoms with Crippen LogP contribution < -0.4 is 5.32 Å². The number of aromatic hydroxyl groups is 1. The highest BCUT2D eigenvalue weighted by Gasteiger charge is 2.38. The van der Waals surface area contributed by atoms with Crippen LogP contribution in [0.4, 0.5) is 4.79 Å². The molecule has 0 bridgehead atoms. The molecule has 2 unspecified atom stereocenters. The predicted octanol–water partition coefficient (Wildman–Crippen LogP) is 2.66. The highest BCUT2D eigenvalue weighted by atomic mass is 16.5. The van der Waals surface area contributed by atoms with Crippen LogP contribution in [0.5, 0.6) is 5.75 Å². The smallest absolute Gasteiger partial charge is 0.318 e. The molecule has 2 fully saturated rings. The molecule has 2 N–H and O–H groups in total. The number of rotatable bonds is 3. The van der Waals surface area contributed by atoms with Gasteiger partial charge >= 0.3 is 6.03 Å². The number of hydrogen-bond donors (Lipinski definition) is 2. The zero-order chi connectivity index (χ0) is 15.7. The maximum atomic E-state index is 12.5. The Bertz CT molecular complexity index is 544. The number of phenols is 1. The summed E-state index contributed by atoms with van der Waals surface area (Å²) in [5.41, 5.74) is 0.897. The molecule has 1 heterocycles. The first-order chi connectivity index (χ1) is 10.5. The standard InChI is InChI=1S/C17H24N2O3/c1-11-9-19(10-16(22-11)13-6-7-13)17(21)18-12(2)14-4-3-5-15(20)8-14/h3-5,8,11-13,16,20H,6-7,9-10H2,1-2H3,(H,18,21)/t11?,12-,16?/m0/s1. The fourth-order valence-electron chi connectivity index (χ4n) is 3.03. The molecule has 3 rings (SSSR count). The van der Waals surface area contributed by atoms with E-state index in [4.69, 9.17) is 4.74 Å². The number of hydrogen-bond acceptors (Lipinski definition) is 3. The van der Waals surface area contributed by atoms with Gasteiger partial charge < -0.3 is 20.1 Å². The molecule has 3 atom stereocenters. The summed E-state index contributed by atoms with van der Waals surface area (Å²) in [6, 6.07) is 6.79. The van der Waals surface area contributed by atoms with Gasteiger partial charge in [0.25, 0.3) is 0 Å². The van der Waals surface area contributed by atoms with E-state index >= 15 is 0 Å². The van der Waals surface area contributed by atoms with Crippen LogP contribution in [-0.2, 0) is 4.74 Å². The van der Waals surface area contributed by atoms with Crippen LogP contribution in [0, 0.1) is 5.92 Å². The van der Waals surface area contributed by atoms with Crippen molar-refractivity contribution in [3.05, 3.63) is 29.8 Å². The number of benzene rings is 1. The number of phenolic OH excluding ortho intramolecular Hbond substituents is 1. The van der Waals surface area contributed by atoms with E-state index < -0.39 is 0 Å². The van der Waals surface area contributed by atoms with Gasteiger partial charge in [-0.15, -0.1) is 0 Å². The van der Waals surface area contributed by atoms with Gasteiger partial charge in [0.2, 0.25) is 0 Å². The third kappa shape index (κ3) is 3.53. The number of carbonyl (C=O) groups is 1. The Morgan fingerprint density at radius 3 is 2.86 bits per heavy atom. The number of nitrogens with zero attached hydrogens (tertiary/aromatic N) is 1. The molecule has 1 aromatic rings. The SMILES string of the molecule is CC1CN(C(=O)N[C@@H](C)c2cccc(O)c2)CC(C2CC2)O1. The molecule has 0 aromatic heterocycles. The molecule has 1 saturated carbocycles. The minimum atomic E-state index is -0.142. The van der Waals surface area contributed by atoms with Crippen molar-refractivity contribution >= 4 is 6.03 Å². The molecular weight excluding hydrogens is 280 g/mol. The highest BCUT2D eigenvalue weighted by molar-refractivity contribution is 5.75. The van der Waals surface area contributed by atoms with Gasteiger partial charge in [-0.2, -0.15) is 0 Å². The normalized spacial score (nSPS) is 26.5. The molecule has 5 nitrogen and oxygen atoms in total. The van der Waals surface area contributed by atoms with E-state index in [2.05, 4.69) is 5.32 Å². The summed E-state index contributed by atoms with van der Waals surface area (Å²) in [4.78, 5) is 14.4. The van der Waals surface area contributed by atoms with Crippen molar-refractivity contribution in [2.24, 2.45) is 5.92 Å². The monoisotopic (exact) mass is 304 g/mol. The maximum Gasteiger partial charge on any atom is 0.318 e. The van der Waals surface area contributed by atoms with Gasteiger partial charge in [-0.05, 0) is 50.3 Å². The first-order valence-electron chi connectivity index (χ1n) is 8.02. The van der Waals surface area contributed by atoms with Crippen molar-refractivity contribution < 1.29 is 14.6 Å². The van der Waals surface area contributed by atoms with Gasteiger partial charge in [0.05, 0.1) is 18.2 Å². The fourth-order valence-corrected chi connectivity index (χ4v) is 3.03. The molecule has 1 aliphatic carbocycles. The number of nitrogens with one attached hydrogen (secondary N) is 1. The number of morpholine rings is 1. The van der Waals surface area contributed by atoms with Crippen LogP contribution in [0.25, 0.3) is 0 Å². The van der Waals surface area contributed by atoms with Crippen LogP contribution in [0.15, 0.2) is 24.3 Å². The molecule has 1 saturated heterocycles. The van der Waals surface area contributed by atoms with Gasteiger partial charge in [-0.1, -0.05) is 12.1 Å². The molecule has 1 aliphatic heterocycles. The summed E-state index contributed by atoms with van der Waals surface area (Å²) in [5, 5.41) is 12.6. The number of carbonyl (C=O) groups excluding carboxylic acids is 1. The summed E-state index contributed by atoms with van der Waals surface area (Å²) in [6.07, 6.45) is 2.70. The van der Waals surface area contributed by atoms with Crippen LogP contribution >= 0.6 is 0 Å². The highest BCUT2D eigenvalue weighted by Crippen LogP contribution is 2.36. The van der Waals surface area contributed by atoms with Crippen LogP contribution in [0.3, 0.4) is 0 Å². The molecule has 1 aromatic carbocycles. The first kappa shape index (κ1) is 15.2. The Balaban J connectivity index is 1.60. The van der Waals surface area contributed by atoms with E-state index in [1.165, 1.54) is 12.8 Å². The summed E-state index contributed by atoms with van der Waals surface area (Å²) in [5.74, 6) is 0.842. The summed E-state index contributed by atoms with van der Waals surface area (Å²) < 4.78 is 5.94. The second-order valence-electron chi connectivity index (χ2n) is 6.49. The van der Waals surface area contributed by atoms with Gasteiger partial charge in [0.1, 0.15) is 5.75 Å². The summed E-state index contributed by atoms with van der Waals surface area (Å²) in [7, 11) is 0. The lowest BCUT2D eigenvalue weighted by Gasteiger charge is -2.37. The minimum Gasteiger partial charge on any atom is -0.508 e. The Hall–Kier alpha value is -1.75. The first-order valence-corrected chi connectivity index (χ1v) is 8.02. The Labute approximate surface area is 131 Å². The minimum absolute atomic E-state index is 0.0587.